The molecule has 5 heteroatoms. The molecular formula is C20H29N3O2. The van der Waals surface area contributed by atoms with Crippen molar-refractivity contribution < 1.29 is 9.59 Å². The molecule has 0 radical (unpaired) electrons. The predicted molar refractivity (Wildman–Crippen MR) is 97.8 cm³/mol. The Bertz CT molecular complexity index is 586. The van der Waals surface area contributed by atoms with E-state index in [0.717, 1.165) is 25.8 Å². The van der Waals surface area contributed by atoms with Crippen molar-refractivity contribution in [1.82, 2.24) is 15.5 Å². The minimum atomic E-state index is -0.384. The lowest BCUT2D eigenvalue weighted by molar-refractivity contribution is -0.129. The summed E-state index contributed by atoms with van der Waals surface area (Å²) in [7, 11) is 0. The maximum atomic E-state index is 12.6. The smallest absolute Gasteiger partial charge is 0.242 e. The lowest BCUT2D eigenvalue weighted by atomic mass is 10.1. The molecule has 2 N–H and O–H groups in total. The summed E-state index contributed by atoms with van der Waals surface area (Å²) in [4.78, 5) is 26.9. The summed E-state index contributed by atoms with van der Waals surface area (Å²) < 4.78 is 0. The summed E-state index contributed by atoms with van der Waals surface area (Å²) in [6, 6.07) is 10.3. The van der Waals surface area contributed by atoms with Crippen LogP contribution in [0.15, 0.2) is 30.3 Å². The van der Waals surface area contributed by atoms with Crippen LogP contribution in [-0.2, 0) is 16.1 Å². The van der Waals surface area contributed by atoms with Gasteiger partial charge in [-0.15, -0.1) is 0 Å². The average molecular weight is 343 g/mol. The molecule has 136 valence electrons. The molecule has 1 heterocycles. The Morgan fingerprint density at radius 1 is 1.24 bits per heavy atom. The SMILES string of the molecule is C[C@@H](C1CC1)N(CC(=O)N[C@H]1CCCCNC1=O)Cc1ccccc1. The number of carbonyl (C=O) groups excluding carboxylic acids is 2. The monoisotopic (exact) mass is 343 g/mol. The van der Waals surface area contributed by atoms with Crippen molar-refractivity contribution in [3.8, 4) is 0 Å². The molecule has 3 rings (SSSR count). The Hall–Kier alpha value is -1.88. The van der Waals surface area contributed by atoms with Crippen LogP contribution in [0.3, 0.4) is 0 Å². The average Bonchev–Trinajstić information content (AvgIpc) is 3.45. The zero-order valence-electron chi connectivity index (χ0n) is 15.0. The van der Waals surface area contributed by atoms with Crippen molar-refractivity contribution in [2.75, 3.05) is 13.1 Å². The van der Waals surface area contributed by atoms with E-state index in [1.807, 2.05) is 18.2 Å². The number of carbonyl (C=O) groups is 2. The molecule has 1 aromatic rings. The standard InChI is InChI=1S/C20H29N3O2/c1-15(17-10-11-17)23(13-16-7-3-2-4-8-16)14-19(24)22-18-9-5-6-12-21-20(18)25/h2-4,7-8,15,17-18H,5-6,9-14H2,1H3,(H,21,25)(H,22,24)/t15-,18-/m0/s1. The van der Waals surface area contributed by atoms with Crippen LogP contribution in [0.25, 0.3) is 0 Å². The molecule has 1 aliphatic carbocycles. The number of nitrogens with zero attached hydrogens (tertiary/aromatic N) is 1. The first kappa shape index (κ1) is 17.9. The second kappa shape index (κ2) is 8.48. The lowest BCUT2D eigenvalue weighted by Gasteiger charge is -2.29. The lowest BCUT2D eigenvalue weighted by Crippen LogP contribution is -2.49. The van der Waals surface area contributed by atoms with Crippen molar-refractivity contribution in [3.05, 3.63) is 35.9 Å². The summed E-state index contributed by atoms with van der Waals surface area (Å²) in [5.41, 5.74) is 1.22. The van der Waals surface area contributed by atoms with Crippen LogP contribution < -0.4 is 10.6 Å². The van der Waals surface area contributed by atoms with Gasteiger partial charge in [0.25, 0.3) is 0 Å². The van der Waals surface area contributed by atoms with Crippen molar-refractivity contribution >= 4 is 11.8 Å². The maximum absolute atomic E-state index is 12.6. The minimum absolute atomic E-state index is 0.0456. The Morgan fingerprint density at radius 3 is 2.72 bits per heavy atom. The molecule has 1 aromatic carbocycles. The highest BCUT2D eigenvalue weighted by atomic mass is 16.2. The first-order chi connectivity index (χ1) is 12.1. The van der Waals surface area contributed by atoms with Crippen LogP contribution in [0.5, 0.6) is 0 Å². The van der Waals surface area contributed by atoms with Gasteiger partial charge in [0.15, 0.2) is 0 Å². The van der Waals surface area contributed by atoms with Crippen LogP contribution in [-0.4, -0.2) is 41.9 Å². The highest BCUT2D eigenvalue weighted by Gasteiger charge is 2.33. The van der Waals surface area contributed by atoms with Crippen molar-refractivity contribution in [2.24, 2.45) is 5.92 Å². The fraction of sp³-hybridized carbons (Fsp3) is 0.600. The van der Waals surface area contributed by atoms with Gasteiger partial charge < -0.3 is 10.6 Å². The summed E-state index contributed by atoms with van der Waals surface area (Å²) >= 11 is 0. The fourth-order valence-electron chi connectivity index (χ4n) is 3.54. The summed E-state index contributed by atoms with van der Waals surface area (Å²) in [5.74, 6) is 0.596. The third kappa shape index (κ3) is 5.30. The number of hydrogen-bond donors (Lipinski definition) is 2. The minimum Gasteiger partial charge on any atom is -0.354 e. The van der Waals surface area contributed by atoms with E-state index in [1.165, 1.54) is 18.4 Å². The van der Waals surface area contributed by atoms with Crippen molar-refractivity contribution in [1.29, 1.82) is 0 Å². The topological polar surface area (TPSA) is 61.4 Å². The molecule has 2 atom stereocenters. The number of nitrogens with one attached hydrogen (secondary N) is 2. The molecule has 2 amide bonds. The Kier molecular flexibility index (Phi) is 6.08. The zero-order valence-corrected chi connectivity index (χ0v) is 15.0. The van der Waals surface area contributed by atoms with E-state index in [0.29, 0.717) is 25.0 Å². The summed E-state index contributed by atoms with van der Waals surface area (Å²) in [5, 5.41) is 5.82. The van der Waals surface area contributed by atoms with E-state index >= 15 is 0 Å². The van der Waals surface area contributed by atoms with Crippen LogP contribution in [0.2, 0.25) is 0 Å². The Labute approximate surface area is 150 Å². The molecule has 2 fully saturated rings. The van der Waals surface area contributed by atoms with Crippen molar-refractivity contribution in [3.63, 3.8) is 0 Å². The molecule has 0 spiro atoms. The van der Waals surface area contributed by atoms with E-state index in [1.54, 1.807) is 0 Å². The summed E-state index contributed by atoms with van der Waals surface area (Å²) in [6.07, 6.45) is 5.18. The molecular weight excluding hydrogens is 314 g/mol. The van der Waals surface area contributed by atoms with Gasteiger partial charge in [-0.2, -0.15) is 0 Å². The predicted octanol–water partition coefficient (Wildman–Crippen LogP) is 2.07. The van der Waals surface area contributed by atoms with Gasteiger partial charge in [0.05, 0.1) is 6.54 Å². The Balaban J connectivity index is 1.60. The van der Waals surface area contributed by atoms with Gasteiger partial charge in [-0.05, 0) is 50.5 Å². The second-order valence-corrected chi connectivity index (χ2v) is 7.38. The van der Waals surface area contributed by atoms with E-state index in [2.05, 4.69) is 34.6 Å². The zero-order chi connectivity index (χ0) is 17.6. The number of hydrogen-bond acceptors (Lipinski definition) is 3. The molecule has 25 heavy (non-hydrogen) atoms. The first-order valence-corrected chi connectivity index (χ1v) is 9.48. The second-order valence-electron chi connectivity index (χ2n) is 7.38. The van der Waals surface area contributed by atoms with E-state index in [9.17, 15) is 9.59 Å². The number of rotatable bonds is 7. The van der Waals surface area contributed by atoms with Gasteiger partial charge in [0, 0.05) is 19.1 Å². The maximum Gasteiger partial charge on any atom is 0.242 e. The van der Waals surface area contributed by atoms with Gasteiger partial charge in [-0.25, -0.2) is 0 Å². The van der Waals surface area contributed by atoms with Gasteiger partial charge in [0.1, 0.15) is 6.04 Å². The van der Waals surface area contributed by atoms with Crippen LogP contribution in [0, 0.1) is 5.92 Å². The largest absolute Gasteiger partial charge is 0.354 e. The normalized spacial score (nSPS) is 22.2. The Morgan fingerprint density at radius 2 is 2.00 bits per heavy atom. The molecule has 2 aliphatic rings. The molecule has 5 nitrogen and oxygen atoms in total. The summed E-state index contributed by atoms with van der Waals surface area (Å²) in [6.45, 7) is 4.04. The molecule has 1 aliphatic heterocycles. The van der Waals surface area contributed by atoms with Crippen LogP contribution >= 0.6 is 0 Å². The number of amides is 2. The third-order valence-electron chi connectivity index (χ3n) is 5.33. The third-order valence-corrected chi connectivity index (χ3v) is 5.33. The highest BCUT2D eigenvalue weighted by Crippen LogP contribution is 2.35. The molecule has 1 saturated heterocycles. The van der Waals surface area contributed by atoms with Gasteiger partial charge in [0.2, 0.25) is 11.8 Å². The van der Waals surface area contributed by atoms with E-state index in [4.69, 9.17) is 0 Å². The van der Waals surface area contributed by atoms with Crippen molar-refractivity contribution in [2.45, 2.75) is 57.7 Å². The number of benzene rings is 1. The quantitative estimate of drug-likeness (QED) is 0.797. The molecule has 0 unspecified atom stereocenters. The van der Waals surface area contributed by atoms with Crippen LogP contribution in [0.4, 0.5) is 0 Å². The highest BCUT2D eigenvalue weighted by molar-refractivity contribution is 5.88. The molecule has 1 saturated carbocycles. The van der Waals surface area contributed by atoms with Gasteiger partial charge in [-0.3, -0.25) is 14.5 Å². The van der Waals surface area contributed by atoms with Gasteiger partial charge >= 0.3 is 0 Å². The van der Waals surface area contributed by atoms with E-state index < -0.39 is 0 Å². The van der Waals surface area contributed by atoms with Crippen LogP contribution in [0.1, 0.15) is 44.6 Å². The fourth-order valence-corrected chi connectivity index (χ4v) is 3.54. The molecule has 0 bridgehead atoms. The molecule has 0 aromatic heterocycles. The first-order valence-electron chi connectivity index (χ1n) is 9.48. The van der Waals surface area contributed by atoms with E-state index in [-0.39, 0.29) is 17.9 Å². The van der Waals surface area contributed by atoms with Gasteiger partial charge in [-0.1, -0.05) is 30.3 Å².